The van der Waals surface area contributed by atoms with Gasteiger partial charge in [0.15, 0.2) is 0 Å². The Hall–Kier alpha value is -2.70. The average Bonchev–Trinajstić information content (AvgIpc) is 3.18. The molecule has 0 aliphatic carbocycles. The van der Waals surface area contributed by atoms with Crippen LogP contribution in [0.4, 0.5) is 4.39 Å². The number of benzene rings is 1. The van der Waals surface area contributed by atoms with E-state index < -0.39 is 23.6 Å². The molecule has 1 aliphatic heterocycles. The lowest BCUT2D eigenvalue weighted by Gasteiger charge is -2.17. The number of carboxylic acids is 1. The molecule has 2 atom stereocenters. The quantitative estimate of drug-likeness (QED) is 0.874. The van der Waals surface area contributed by atoms with E-state index in [1.54, 1.807) is 17.0 Å². The van der Waals surface area contributed by atoms with Gasteiger partial charge in [0.1, 0.15) is 5.82 Å². The van der Waals surface area contributed by atoms with Crippen molar-refractivity contribution < 1.29 is 19.1 Å². The van der Waals surface area contributed by atoms with Crippen LogP contribution in [0.3, 0.4) is 0 Å². The lowest BCUT2D eigenvalue weighted by Crippen LogP contribution is -2.30. The second kappa shape index (κ2) is 7.50. The highest BCUT2D eigenvalue weighted by Crippen LogP contribution is 2.33. The van der Waals surface area contributed by atoms with Gasteiger partial charge in [-0.3, -0.25) is 14.3 Å². The Balaban J connectivity index is 1.70. The molecule has 0 saturated carbocycles. The number of rotatable bonds is 5. The molecule has 1 fully saturated rings. The van der Waals surface area contributed by atoms with Crippen molar-refractivity contribution in [3.05, 3.63) is 52.6 Å². The van der Waals surface area contributed by atoms with Gasteiger partial charge in [0, 0.05) is 37.7 Å². The summed E-state index contributed by atoms with van der Waals surface area (Å²) in [6.45, 7) is 6.79. The summed E-state index contributed by atoms with van der Waals surface area (Å²) in [5.74, 6) is -2.61. The fourth-order valence-electron chi connectivity index (χ4n) is 3.70. The molecule has 1 N–H and O–H groups in total. The highest BCUT2D eigenvalue weighted by atomic mass is 19.1. The van der Waals surface area contributed by atoms with Gasteiger partial charge in [0.25, 0.3) is 0 Å². The van der Waals surface area contributed by atoms with Gasteiger partial charge in [-0.2, -0.15) is 5.10 Å². The Labute approximate surface area is 157 Å². The van der Waals surface area contributed by atoms with Gasteiger partial charge in [-0.05, 0) is 44.0 Å². The van der Waals surface area contributed by atoms with Crippen LogP contribution < -0.4 is 0 Å². The van der Waals surface area contributed by atoms with Crippen LogP contribution in [0, 0.1) is 32.5 Å². The molecular formula is C20H24FN3O3. The second-order valence-corrected chi connectivity index (χ2v) is 7.17. The highest BCUT2D eigenvalue weighted by molar-refractivity contribution is 5.79. The van der Waals surface area contributed by atoms with Crippen molar-refractivity contribution in [1.29, 1.82) is 0 Å². The predicted molar refractivity (Wildman–Crippen MR) is 97.9 cm³/mol. The largest absolute Gasteiger partial charge is 0.481 e. The van der Waals surface area contributed by atoms with Crippen molar-refractivity contribution in [2.24, 2.45) is 5.92 Å². The normalized spacial score (nSPS) is 19.5. The smallest absolute Gasteiger partial charge is 0.308 e. The molecule has 0 radical (unpaired) electrons. The molecule has 6 nitrogen and oxygen atoms in total. The summed E-state index contributed by atoms with van der Waals surface area (Å²) in [7, 11) is 0. The van der Waals surface area contributed by atoms with Gasteiger partial charge >= 0.3 is 5.97 Å². The molecule has 2 heterocycles. The van der Waals surface area contributed by atoms with Gasteiger partial charge in [0.2, 0.25) is 5.91 Å². The van der Waals surface area contributed by atoms with E-state index in [1.165, 1.54) is 12.1 Å². The second-order valence-electron chi connectivity index (χ2n) is 7.17. The Morgan fingerprint density at radius 2 is 2.00 bits per heavy atom. The summed E-state index contributed by atoms with van der Waals surface area (Å²) in [5.41, 5.74) is 3.70. The van der Waals surface area contributed by atoms with Crippen molar-refractivity contribution in [3.8, 4) is 0 Å². The summed E-state index contributed by atoms with van der Waals surface area (Å²) in [6.07, 6.45) is 0.254. The van der Waals surface area contributed by atoms with Gasteiger partial charge < -0.3 is 10.0 Å². The zero-order valence-electron chi connectivity index (χ0n) is 15.8. The minimum absolute atomic E-state index is 0.106. The molecule has 0 bridgehead atoms. The van der Waals surface area contributed by atoms with E-state index >= 15 is 0 Å². The monoisotopic (exact) mass is 373 g/mol. The Morgan fingerprint density at radius 3 is 2.59 bits per heavy atom. The number of carbonyl (C=O) groups is 2. The number of halogens is 1. The zero-order valence-corrected chi connectivity index (χ0v) is 15.8. The maximum absolute atomic E-state index is 13.5. The van der Waals surface area contributed by atoms with Crippen molar-refractivity contribution in [2.45, 2.75) is 39.7 Å². The van der Waals surface area contributed by atoms with Crippen LogP contribution in [-0.4, -0.2) is 44.8 Å². The van der Waals surface area contributed by atoms with E-state index in [2.05, 4.69) is 5.10 Å². The third-order valence-corrected chi connectivity index (χ3v) is 5.55. The molecule has 0 unspecified atom stereocenters. The summed E-state index contributed by atoms with van der Waals surface area (Å²) in [4.78, 5) is 25.9. The maximum Gasteiger partial charge on any atom is 0.308 e. The van der Waals surface area contributed by atoms with Gasteiger partial charge in [-0.15, -0.1) is 0 Å². The standard InChI is InChI=1S/C20H24FN3O3/c1-12-13(2)22-24(14(12)3)8-7-19(25)23-10-17(18(11-23)20(26)27)15-5-4-6-16(21)9-15/h4-6,9,17-18H,7-8,10-11H2,1-3H3,(H,26,27)/t17-,18+/m0/s1. The van der Waals surface area contributed by atoms with Crippen LogP contribution in [0.15, 0.2) is 24.3 Å². The number of carbonyl (C=O) groups excluding carboxylic acids is 1. The molecule has 1 aromatic carbocycles. The Bertz CT molecular complexity index is 877. The molecule has 1 amide bonds. The van der Waals surface area contributed by atoms with Crippen LogP contribution in [0.5, 0.6) is 0 Å². The molecule has 144 valence electrons. The SMILES string of the molecule is Cc1nn(CCC(=O)N2C[C@@H](C(=O)O)[C@H](c3cccc(F)c3)C2)c(C)c1C. The summed E-state index contributed by atoms with van der Waals surface area (Å²) in [5, 5.41) is 14.0. The van der Waals surface area contributed by atoms with E-state index in [9.17, 15) is 19.1 Å². The third-order valence-electron chi connectivity index (χ3n) is 5.55. The van der Waals surface area contributed by atoms with E-state index in [0.717, 1.165) is 17.0 Å². The lowest BCUT2D eigenvalue weighted by molar-refractivity contribution is -0.141. The fourth-order valence-corrected chi connectivity index (χ4v) is 3.70. The lowest BCUT2D eigenvalue weighted by atomic mass is 9.89. The number of hydrogen-bond donors (Lipinski definition) is 1. The van der Waals surface area contributed by atoms with Crippen LogP contribution >= 0.6 is 0 Å². The van der Waals surface area contributed by atoms with E-state index in [0.29, 0.717) is 12.1 Å². The first-order valence-corrected chi connectivity index (χ1v) is 9.04. The van der Waals surface area contributed by atoms with Gasteiger partial charge in [-0.1, -0.05) is 12.1 Å². The fraction of sp³-hybridized carbons (Fsp3) is 0.450. The number of aliphatic carboxylic acids is 1. The summed E-state index contributed by atoms with van der Waals surface area (Å²) >= 11 is 0. The molecule has 3 rings (SSSR count). The molecule has 2 aromatic rings. The maximum atomic E-state index is 13.5. The number of nitrogens with zero attached hydrogens (tertiary/aromatic N) is 3. The number of carboxylic acid groups (broad SMARTS) is 1. The number of hydrogen-bond acceptors (Lipinski definition) is 3. The van der Waals surface area contributed by atoms with Gasteiger partial charge in [-0.25, -0.2) is 4.39 Å². The van der Waals surface area contributed by atoms with Crippen LogP contribution in [0.25, 0.3) is 0 Å². The van der Waals surface area contributed by atoms with Crippen molar-refractivity contribution in [2.75, 3.05) is 13.1 Å². The van der Waals surface area contributed by atoms with Crippen molar-refractivity contribution in [1.82, 2.24) is 14.7 Å². The first-order valence-electron chi connectivity index (χ1n) is 9.04. The Kier molecular flexibility index (Phi) is 5.30. The highest BCUT2D eigenvalue weighted by Gasteiger charge is 2.40. The molecular weight excluding hydrogens is 349 g/mol. The molecule has 1 aromatic heterocycles. The molecule has 27 heavy (non-hydrogen) atoms. The number of aromatic nitrogens is 2. The van der Waals surface area contributed by atoms with Crippen molar-refractivity contribution >= 4 is 11.9 Å². The molecule has 7 heteroatoms. The van der Waals surface area contributed by atoms with E-state index in [-0.39, 0.29) is 25.4 Å². The summed E-state index contributed by atoms with van der Waals surface area (Å²) < 4.78 is 15.4. The molecule has 1 saturated heterocycles. The first-order chi connectivity index (χ1) is 12.8. The number of likely N-dealkylation sites (tertiary alicyclic amines) is 1. The zero-order chi connectivity index (χ0) is 19.7. The van der Waals surface area contributed by atoms with Gasteiger partial charge in [0.05, 0.1) is 11.6 Å². The van der Waals surface area contributed by atoms with Crippen LogP contribution in [-0.2, 0) is 16.1 Å². The third kappa shape index (κ3) is 3.86. The topological polar surface area (TPSA) is 75.4 Å². The van der Waals surface area contributed by atoms with Crippen molar-refractivity contribution in [3.63, 3.8) is 0 Å². The average molecular weight is 373 g/mol. The summed E-state index contributed by atoms with van der Waals surface area (Å²) in [6, 6.07) is 5.97. The molecule has 1 aliphatic rings. The Morgan fingerprint density at radius 1 is 1.26 bits per heavy atom. The number of amides is 1. The first kappa shape index (κ1) is 19.1. The molecule has 0 spiro atoms. The van der Waals surface area contributed by atoms with Crippen LogP contribution in [0.1, 0.15) is 34.9 Å². The van der Waals surface area contributed by atoms with E-state index in [4.69, 9.17) is 0 Å². The minimum Gasteiger partial charge on any atom is -0.481 e. The minimum atomic E-state index is -0.964. The van der Waals surface area contributed by atoms with E-state index in [1.807, 2.05) is 25.5 Å². The van der Waals surface area contributed by atoms with Crippen LogP contribution in [0.2, 0.25) is 0 Å². The number of aryl methyl sites for hydroxylation is 2. The predicted octanol–water partition coefficient (Wildman–Crippen LogP) is 2.66.